The molecule has 0 amide bonds. The first kappa shape index (κ1) is 13.6. The van der Waals surface area contributed by atoms with Crippen molar-refractivity contribution in [3.8, 4) is 11.8 Å². The second-order valence-electron chi connectivity index (χ2n) is 3.92. The molecule has 0 bridgehead atoms. The Labute approximate surface area is 121 Å². The van der Waals surface area contributed by atoms with Crippen LogP contribution in [0.4, 0.5) is 0 Å². The smallest absolute Gasteiger partial charge is 0.0627 e. The van der Waals surface area contributed by atoms with Gasteiger partial charge in [-0.3, -0.25) is 0 Å². The summed E-state index contributed by atoms with van der Waals surface area (Å²) in [4.78, 5) is 0. The van der Waals surface area contributed by atoms with E-state index in [9.17, 15) is 0 Å². The number of benzene rings is 2. The monoisotopic (exact) mass is 312 g/mol. The van der Waals surface area contributed by atoms with Crippen molar-refractivity contribution < 1.29 is 5.11 Å². The summed E-state index contributed by atoms with van der Waals surface area (Å²) in [5.41, 5.74) is 2.79. The fraction of sp³-hybridized carbons (Fsp3) is 0.0588. The third-order valence-corrected chi connectivity index (χ3v) is 3.09. The van der Waals surface area contributed by atoms with Crippen LogP contribution in [0, 0.1) is 11.8 Å². The molecule has 0 aliphatic rings. The highest BCUT2D eigenvalue weighted by Crippen LogP contribution is 2.17. The van der Waals surface area contributed by atoms with Crippen LogP contribution in [0.5, 0.6) is 0 Å². The van der Waals surface area contributed by atoms with Gasteiger partial charge in [0, 0.05) is 15.6 Å². The maximum absolute atomic E-state index is 9.10. The SMILES string of the molecule is OCC=C(C#Cc1ccccc1)c1ccc(Br)cc1. The second kappa shape index (κ2) is 6.94. The summed E-state index contributed by atoms with van der Waals surface area (Å²) >= 11 is 3.40. The molecular weight excluding hydrogens is 300 g/mol. The molecule has 0 aromatic heterocycles. The van der Waals surface area contributed by atoms with Crippen molar-refractivity contribution in [3.05, 3.63) is 76.3 Å². The molecule has 1 nitrogen and oxygen atoms in total. The van der Waals surface area contributed by atoms with Crippen molar-refractivity contribution in [2.75, 3.05) is 6.61 Å². The molecule has 2 aromatic carbocycles. The fourth-order valence-electron chi connectivity index (χ4n) is 1.62. The van der Waals surface area contributed by atoms with Crippen LogP contribution in [-0.4, -0.2) is 11.7 Å². The quantitative estimate of drug-likeness (QED) is 0.834. The predicted octanol–water partition coefficient (Wildman–Crippen LogP) is 3.88. The van der Waals surface area contributed by atoms with Gasteiger partial charge < -0.3 is 5.11 Å². The van der Waals surface area contributed by atoms with Gasteiger partial charge >= 0.3 is 0 Å². The van der Waals surface area contributed by atoms with Crippen molar-refractivity contribution in [2.45, 2.75) is 0 Å². The number of allylic oxidation sites excluding steroid dienone is 1. The number of hydrogen-bond donors (Lipinski definition) is 1. The van der Waals surface area contributed by atoms with E-state index in [0.717, 1.165) is 21.2 Å². The Morgan fingerprint density at radius 3 is 2.37 bits per heavy atom. The van der Waals surface area contributed by atoms with E-state index in [4.69, 9.17) is 5.11 Å². The van der Waals surface area contributed by atoms with Crippen LogP contribution >= 0.6 is 15.9 Å². The van der Waals surface area contributed by atoms with Gasteiger partial charge in [-0.05, 0) is 35.9 Å². The summed E-state index contributed by atoms with van der Waals surface area (Å²) in [6, 6.07) is 17.7. The van der Waals surface area contributed by atoms with Gasteiger partial charge in [0.2, 0.25) is 0 Å². The van der Waals surface area contributed by atoms with Crippen LogP contribution in [0.1, 0.15) is 11.1 Å². The standard InChI is InChI=1S/C17H13BrO/c18-17-10-8-15(9-11-17)16(12-13-19)7-6-14-4-2-1-3-5-14/h1-5,8-12,19H,13H2. The lowest BCUT2D eigenvalue weighted by Gasteiger charge is -2.00. The highest BCUT2D eigenvalue weighted by atomic mass is 79.9. The van der Waals surface area contributed by atoms with Gasteiger partial charge in [-0.2, -0.15) is 0 Å². The van der Waals surface area contributed by atoms with Gasteiger partial charge in [0.05, 0.1) is 6.61 Å². The summed E-state index contributed by atoms with van der Waals surface area (Å²) in [5, 5.41) is 9.10. The van der Waals surface area contributed by atoms with E-state index >= 15 is 0 Å². The molecule has 0 radical (unpaired) electrons. The first-order chi connectivity index (χ1) is 9.29. The molecule has 19 heavy (non-hydrogen) atoms. The number of aliphatic hydroxyl groups excluding tert-OH is 1. The third-order valence-electron chi connectivity index (χ3n) is 2.57. The van der Waals surface area contributed by atoms with Crippen molar-refractivity contribution in [3.63, 3.8) is 0 Å². The fourth-order valence-corrected chi connectivity index (χ4v) is 1.89. The van der Waals surface area contributed by atoms with E-state index in [1.54, 1.807) is 6.08 Å². The van der Waals surface area contributed by atoms with Crippen molar-refractivity contribution in [1.82, 2.24) is 0 Å². The Balaban J connectivity index is 2.30. The Bertz CT molecular complexity index is 616. The predicted molar refractivity (Wildman–Crippen MR) is 82.5 cm³/mol. The number of aliphatic hydroxyl groups is 1. The molecule has 0 fully saturated rings. The molecule has 0 unspecified atom stereocenters. The van der Waals surface area contributed by atoms with Crippen LogP contribution in [0.15, 0.2) is 65.1 Å². The minimum absolute atomic E-state index is 0.0190. The largest absolute Gasteiger partial charge is 0.392 e. The summed E-state index contributed by atoms with van der Waals surface area (Å²) in [7, 11) is 0. The maximum Gasteiger partial charge on any atom is 0.0627 e. The molecule has 0 aliphatic heterocycles. The average molecular weight is 313 g/mol. The van der Waals surface area contributed by atoms with Gasteiger partial charge in [-0.25, -0.2) is 0 Å². The van der Waals surface area contributed by atoms with E-state index in [1.165, 1.54) is 0 Å². The molecule has 0 heterocycles. The van der Waals surface area contributed by atoms with Gasteiger partial charge in [-0.15, -0.1) is 0 Å². The molecule has 94 valence electrons. The number of hydrogen-bond acceptors (Lipinski definition) is 1. The van der Waals surface area contributed by atoms with E-state index < -0.39 is 0 Å². The zero-order valence-electron chi connectivity index (χ0n) is 10.3. The van der Waals surface area contributed by atoms with Crippen LogP contribution in [0.2, 0.25) is 0 Å². The Kier molecular flexibility index (Phi) is 4.97. The van der Waals surface area contributed by atoms with Crippen LogP contribution in [-0.2, 0) is 0 Å². The first-order valence-corrected chi connectivity index (χ1v) is 6.73. The molecule has 0 saturated carbocycles. The molecule has 2 rings (SSSR count). The lowest BCUT2D eigenvalue weighted by Crippen LogP contribution is -1.84. The Morgan fingerprint density at radius 1 is 1.05 bits per heavy atom. The molecule has 0 saturated heterocycles. The second-order valence-corrected chi connectivity index (χ2v) is 4.84. The summed E-state index contributed by atoms with van der Waals surface area (Å²) in [6.07, 6.45) is 1.72. The van der Waals surface area contributed by atoms with Crippen LogP contribution < -0.4 is 0 Å². The van der Waals surface area contributed by atoms with Crippen LogP contribution in [0.25, 0.3) is 5.57 Å². The highest BCUT2D eigenvalue weighted by molar-refractivity contribution is 9.10. The Morgan fingerprint density at radius 2 is 1.74 bits per heavy atom. The lowest BCUT2D eigenvalue weighted by atomic mass is 10.1. The minimum atomic E-state index is -0.0190. The highest BCUT2D eigenvalue weighted by Gasteiger charge is 1.97. The molecule has 2 aromatic rings. The minimum Gasteiger partial charge on any atom is -0.392 e. The molecular formula is C17H13BrO. The first-order valence-electron chi connectivity index (χ1n) is 5.93. The van der Waals surface area contributed by atoms with E-state index in [0.29, 0.717) is 0 Å². The van der Waals surface area contributed by atoms with Gasteiger partial charge in [-0.1, -0.05) is 58.1 Å². The molecule has 1 N–H and O–H groups in total. The Hall–Kier alpha value is -1.82. The normalized spacial score (nSPS) is 10.7. The lowest BCUT2D eigenvalue weighted by molar-refractivity contribution is 0.343. The zero-order valence-corrected chi connectivity index (χ0v) is 11.9. The van der Waals surface area contributed by atoms with Crippen molar-refractivity contribution in [2.24, 2.45) is 0 Å². The van der Waals surface area contributed by atoms with Crippen molar-refractivity contribution in [1.29, 1.82) is 0 Å². The summed E-state index contributed by atoms with van der Waals surface area (Å²) < 4.78 is 1.02. The summed E-state index contributed by atoms with van der Waals surface area (Å²) in [6.45, 7) is -0.0190. The molecule has 0 spiro atoms. The van der Waals surface area contributed by atoms with Crippen LogP contribution in [0.3, 0.4) is 0 Å². The van der Waals surface area contributed by atoms with E-state index in [-0.39, 0.29) is 6.61 Å². The van der Waals surface area contributed by atoms with E-state index in [1.807, 2.05) is 54.6 Å². The van der Waals surface area contributed by atoms with Gasteiger partial charge in [0.15, 0.2) is 0 Å². The molecule has 2 heteroatoms. The van der Waals surface area contributed by atoms with E-state index in [2.05, 4.69) is 27.8 Å². The topological polar surface area (TPSA) is 20.2 Å². The number of rotatable bonds is 2. The summed E-state index contributed by atoms with van der Waals surface area (Å²) in [5.74, 6) is 6.21. The number of halogens is 1. The average Bonchev–Trinajstić information content (AvgIpc) is 2.46. The third kappa shape index (κ3) is 4.10. The van der Waals surface area contributed by atoms with Gasteiger partial charge in [0.25, 0.3) is 0 Å². The van der Waals surface area contributed by atoms with Gasteiger partial charge in [0.1, 0.15) is 0 Å². The molecule has 0 aliphatic carbocycles. The maximum atomic E-state index is 9.10. The van der Waals surface area contributed by atoms with Crippen molar-refractivity contribution >= 4 is 21.5 Å². The molecule has 0 atom stereocenters. The zero-order chi connectivity index (χ0) is 13.5.